The molecule has 0 radical (unpaired) electrons. The molecule has 0 fully saturated rings. The second-order valence-corrected chi connectivity index (χ2v) is 6.42. The standard InChI is InChI=1S/C19H19N5OS/c1-12-22-15-11-13(18-23-14-5-3-4-6-17(14)25-18)7-8-16(15)24(12)10-9-21-19(26)20-2/h3-8,11H,9-10H2,1-2H3,(H2,20,21,26). The first kappa shape index (κ1) is 16.5. The van der Waals surface area contributed by atoms with Crippen LogP contribution in [-0.4, -0.2) is 33.2 Å². The summed E-state index contributed by atoms with van der Waals surface area (Å²) < 4.78 is 8.04. The Morgan fingerprint density at radius 3 is 2.81 bits per heavy atom. The fraction of sp³-hybridized carbons (Fsp3) is 0.211. The topological polar surface area (TPSA) is 67.9 Å². The lowest BCUT2D eigenvalue weighted by Gasteiger charge is -2.09. The molecule has 0 saturated heterocycles. The molecule has 0 unspecified atom stereocenters. The quantitative estimate of drug-likeness (QED) is 0.541. The molecule has 2 heterocycles. The molecule has 132 valence electrons. The van der Waals surface area contributed by atoms with Gasteiger partial charge in [-0.15, -0.1) is 0 Å². The van der Waals surface area contributed by atoms with Crippen molar-refractivity contribution in [1.82, 2.24) is 25.2 Å². The van der Waals surface area contributed by atoms with Gasteiger partial charge in [0.15, 0.2) is 10.7 Å². The Hall–Kier alpha value is -2.93. The molecule has 0 spiro atoms. The van der Waals surface area contributed by atoms with Gasteiger partial charge in [0.25, 0.3) is 0 Å². The number of rotatable bonds is 4. The summed E-state index contributed by atoms with van der Waals surface area (Å²) in [6, 6.07) is 13.9. The second kappa shape index (κ2) is 6.76. The van der Waals surface area contributed by atoms with Crippen molar-refractivity contribution in [2.45, 2.75) is 13.5 Å². The highest BCUT2D eigenvalue weighted by Gasteiger charge is 2.12. The lowest BCUT2D eigenvalue weighted by molar-refractivity contribution is 0.620. The van der Waals surface area contributed by atoms with Crippen molar-refractivity contribution in [3.63, 3.8) is 0 Å². The molecule has 0 saturated carbocycles. The second-order valence-electron chi connectivity index (χ2n) is 6.01. The third-order valence-electron chi connectivity index (χ3n) is 4.33. The number of nitrogens with one attached hydrogen (secondary N) is 2. The van der Waals surface area contributed by atoms with Crippen LogP contribution in [0.15, 0.2) is 46.9 Å². The molecule has 0 amide bonds. The predicted octanol–water partition coefficient (Wildman–Crippen LogP) is 3.25. The van der Waals surface area contributed by atoms with Gasteiger partial charge in [0, 0.05) is 25.7 Å². The Labute approximate surface area is 156 Å². The normalized spacial score (nSPS) is 11.2. The van der Waals surface area contributed by atoms with Crippen LogP contribution in [0.4, 0.5) is 0 Å². The molecule has 0 atom stereocenters. The summed E-state index contributed by atoms with van der Waals surface area (Å²) in [6.45, 7) is 3.53. The van der Waals surface area contributed by atoms with Crippen molar-refractivity contribution < 1.29 is 4.42 Å². The van der Waals surface area contributed by atoms with E-state index in [2.05, 4.69) is 31.2 Å². The van der Waals surface area contributed by atoms with E-state index in [1.807, 2.05) is 43.3 Å². The zero-order chi connectivity index (χ0) is 18.1. The monoisotopic (exact) mass is 365 g/mol. The van der Waals surface area contributed by atoms with Gasteiger partial charge in [0.05, 0.1) is 11.0 Å². The summed E-state index contributed by atoms with van der Waals surface area (Å²) in [4.78, 5) is 9.25. The van der Waals surface area contributed by atoms with E-state index in [0.29, 0.717) is 11.0 Å². The van der Waals surface area contributed by atoms with Crippen molar-refractivity contribution in [2.75, 3.05) is 13.6 Å². The van der Waals surface area contributed by atoms with Crippen LogP contribution in [0.3, 0.4) is 0 Å². The van der Waals surface area contributed by atoms with Crippen molar-refractivity contribution in [2.24, 2.45) is 0 Å². The number of hydrogen-bond donors (Lipinski definition) is 2. The van der Waals surface area contributed by atoms with E-state index in [-0.39, 0.29) is 0 Å². The van der Waals surface area contributed by atoms with E-state index in [1.165, 1.54) is 0 Å². The van der Waals surface area contributed by atoms with E-state index in [1.54, 1.807) is 7.05 Å². The van der Waals surface area contributed by atoms with Crippen LogP contribution in [-0.2, 0) is 6.54 Å². The van der Waals surface area contributed by atoms with Gasteiger partial charge in [0.2, 0.25) is 5.89 Å². The molecule has 26 heavy (non-hydrogen) atoms. The van der Waals surface area contributed by atoms with Crippen LogP contribution in [0, 0.1) is 6.92 Å². The molecule has 2 aromatic heterocycles. The molecular weight excluding hydrogens is 346 g/mol. The van der Waals surface area contributed by atoms with Crippen LogP contribution in [0.1, 0.15) is 5.82 Å². The number of para-hydroxylation sites is 2. The Morgan fingerprint density at radius 2 is 2.00 bits per heavy atom. The fourth-order valence-electron chi connectivity index (χ4n) is 3.03. The predicted molar refractivity (Wildman–Crippen MR) is 107 cm³/mol. The number of oxazole rings is 1. The summed E-state index contributed by atoms with van der Waals surface area (Å²) in [6.07, 6.45) is 0. The maximum atomic E-state index is 5.87. The summed E-state index contributed by atoms with van der Waals surface area (Å²) >= 11 is 5.11. The first-order chi connectivity index (χ1) is 12.7. The fourth-order valence-corrected chi connectivity index (χ4v) is 3.13. The number of hydrogen-bond acceptors (Lipinski definition) is 4. The van der Waals surface area contributed by atoms with Gasteiger partial charge in [-0.2, -0.15) is 0 Å². The number of imidazole rings is 1. The SMILES string of the molecule is CNC(=S)NCCn1c(C)nc2cc(-c3nc4ccccc4o3)ccc21. The minimum atomic E-state index is 0.612. The van der Waals surface area contributed by atoms with Gasteiger partial charge in [-0.25, -0.2) is 9.97 Å². The minimum absolute atomic E-state index is 0.612. The average molecular weight is 365 g/mol. The summed E-state index contributed by atoms with van der Waals surface area (Å²) in [7, 11) is 1.81. The van der Waals surface area contributed by atoms with Crippen molar-refractivity contribution in [1.29, 1.82) is 0 Å². The molecule has 0 aliphatic rings. The van der Waals surface area contributed by atoms with Crippen LogP contribution >= 0.6 is 12.2 Å². The van der Waals surface area contributed by atoms with Gasteiger partial charge >= 0.3 is 0 Å². The van der Waals surface area contributed by atoms with E-state index in [9.17, 15) is 0 Å². The van der Waals surface area contributed by atoms with E-state index in [0.717, 1.165) is 46.6 Å². The Morgan fingerprint density at radius 1 is 1.15 bits per heavy atom. The number of aromatic nitrogens is 3. The zero-order valence-electron chi connectivity index (χ0n) is 14.6. The molecule has 6 nitrogen and oxygen atoms in total. The van der Waals surface area contributed by atoms with E-state index < -0.39 is 0 Å². The smallest absolute Gasteiger partial charge is 0.227 e. The third kappa shape index (κ3) is 3.01. The molecule has 4 aromatic rings. The number of fused-ring (bicyclic) bond motifs is 2. The van der Waals surface area contributed by atoms with Gasteiger partial charge in [0.1, 0.15) is 11.3 Å². The van der Waals surface area contributed by atoms with Crippen molar-refractivity contribution in [3.05, 3.63) is 48.3 Å². The van der Waals surface area contributed by atoms with E-state index in [4.69, 9.17) is 16.6 Å². The van der Waals surface area contributed by atoms with E-state index >= 15 is 0 Å². The molecular formula is C19H19N5OS. The highest BCUT2D eigenvalue weighted by molar-refractivity contribution is 7.80. The maximum Gasteiger partial charge on any atom is 0.227 e. The molecule has 7 heteroatoms. The molecule has 2 aromatic carbocycles. The van der Waals surface area contributed by atoms with Crippen molar-refractivity contribution >= 4 is 39.5 Å². The van der Waals surface area contributed by atoms with Crippen molar-refractivity contribution in [3.8, 4) is 11.5 Å². The molecule has 0 bridgehead atoms. The number of benzene rings is 2. The number of aryl methyl sites for hydroxylation is 1. The van der Waals surface area contributed by atoms with Gasteiger partial charge < -0.3 is 19.6 Å². The lowest BCUT2D eigenvalue weighted by Crippen LogP contribution is -2.34. The van der Waals surface area contributed by atoms with Crippen LogP contribution < -0.4 is 10.6 Å². The first-order valence-electron chi connectivity index (χ1n) is 8.44. The highest BCUT2D eigenvalue weighted by atomic mass is 32.1. The van der Waals surface area contributed by atoms with Crippen LogP contribution in [0.5, 0.6) is 0 Å². The lowest BCUT2D eigenvalue weighted by atomic mass is 10.2. The molecule has 2 N–H and O–H groups in total. The van der Waals surface area contributed by atoms with Gasteiger partial charge in [-0.3, -0.25) is 0 Å². The maximum absolute atomic E-state index is 5.87. The third-order valence-corrected chi connectivity index (χ3v) is 4.68. The number of nitrogens with zero attached hydrogens (tertiary/aromatic N) is 3. The Balaban J connectivity index is 1.64. The van der Waals surface area contributed by atoms with Crippen LogP contribution in [0.25, 0.3) is 33.6 Å². The summed E-state index contributed by atoms with van der Waals surface area (Å²) in [5.41, 5.74) is 4.58. The Bertz CT molecular complexity index is 1060. The summed E-state index contributed by atoms with van der Waals surface area (Å²) in [5, 5.41) is 6.72. The molecule has 4 rings (SSSR count). The first-order valence-corrected chi connectivity index (χ1v) is 8.85. The number of thiocarbonyl (C=S) groups is 1. The van der Waals surface area contributed by atoms with Gasteiger partial charge in [-0.1, -0.05) is 12.1 Å². The summed E-state index contributed by atoms with van der Waals surface area (Å²) in [5.74, 6) is 1.58. The van der Waals surface area contributed by atoms with Crippen LogP contribution in [0.2, 0.25) is 0 Å². The molecule has 0 aliphatic carbocycles. The minimum Gasteiger partial charge on any atom is -0.436 e. The Kier molecular flexibility index (Phi) is 4.30. The largest absolute Gasteiger partial charge is 0.436 e. The average Bonchev–Trinajstić information content (AvgIpc) is 3.22. The van der Waals surface area contributed by atoms with Gasteiger partial charge in [-0.05, 0) is 49.5 Å². The highest BCUT2D eigenvalue weighted by Crippen LogP contribution is 2.27. The molecule has 0 aliphatic heterocycles. The zero-order valence-corrected chi connectivity index (χ0v) is 15.4.